The number of para-hydroxylation sites is 2. The van der Waals surface area contributed by atoms with E-state index in [1.165, 1.54) is 22.0 Å². The van der Waals surface area contributed by atoms with Gasteiger partial charge in [0.1, 0.15) is 5.57 Å². The minimum atomic E-state index is -4.35. The first-order chi connectivity index (χ1) is 16.7. The molecule has 1 saturated heterocycles. The summed E-state index contributed by atoms with van der Waals surface area (Å²) < 4.78 is 39.1. The van der Waals surface area contributed by atoms with Gasteiger partial charge >= 0.3 is 0 Å². The Balaban J connectivity index is 1.92. The molecule has 1 fully saturated rings. The van der Waals surface area contributed by atoms with Gasteiger partial charge in [-0.05, 0) is 55.8 Å². The third-order valence-electron chi connectivity index (χ3n) is 5.69. The number of nitrogens with zero attached hydrogens (tertiary/aromatic N) is 3. The van der Waals surface area contributed by atoms with Crippen molar-refractivity contribution in [3.8, 4) is 5.75 Å². The molecule has 0 bridgehead atoms. The predicted octanol–water partition coefficient (Wildman–Crippen LogP) is 3.14. The van der Waals surface area contributed by atoms with Crippen molar-refractivity contribution >= 4 is 45.0 Å². The van der Waals surface area contributed by atoms with Crippen molar-refractivity contribution in [2.24, 2.45) is 0 Å². The van der Waals surface area contributed by atoms with Gasteiger partial charge in [0.15, 0.2) is 10.9 Å². The number of carbonyl (C=O) groups is 2. The Labute approximate surface area is 211 Å². The molecule has 35 heavy (non-hydrogen) atoms. The number of fused-ring (bicyclic) bond motifs is 1. The molecule has 3 rings (SSSR count). The van der Waals surface area contributed by atoms with E-state index in [0.717, 1.165) is 25.7 Å². The molecule has 0 aliphatic carbocycles. The minimum absolute atomic E-state index is 0.0139. The molecule has 1 aromatic rings. The Bertz CT molecular complexity index is 1110. The number of rotatable bonds is 11. The molecule has 190 valence electrons. The number of carbonyl (C=O) groups excluding carboxylic acids is 2. The highest BCUT2D eigenvalue weighted by Crippen LogP contribution is 2.38. The monoisotopic (exact) mass is 520 g/mol. The fourth-order valence-corrected chi connectivity index (χ4v) is 4.66. The molecule has 2 aliphatic heterocycles. The van der Waals surface area contributed by atoms with E-state index in [-0.39, 0.29) is 23.7 Å². The van der Waals surface area contributed by atoms with Crippen LogP contribution < -0.4 is 9.64 Å². The van der Waals surface area contributed by atoms with Gasteiger partial charge in [-0.2, -0.15) is 0 Å². The lowest BCUT2D eigenvalue weighted by Gasteiger charge is -2.36. The highest BCUT2D eigenvalue weighted by atomic mass is 32.2. The fraction of sp³-hybridized carbons (Fsp3) is 0.458. The average Bonchev–Trinajstić information content (AvgIpc) is 3.15. The van der Waals surface area contributed by atoms with Crippen molar-refractivity contribution in [2.75, 3.05) is 30.3 Å². The normalized spacial score (nSPS) is 17.3. The largest absolute Gasteiger partial charge is 0.748 e. The summed E-state index contributed by atoms with van der Waals surface area (Å²) >= 11 is 5.48. The first kappa shape index (κ1) is 26.8. The van der Waals surface area contributed by atoms with Crippen LogP contribution in [0.25, 0.3) is 0 Å². The lowest BCUT2D eigenvalue weighted by atomic mass is 10.1. The third-order valence-corrected chi connectivity index (χ3v) is 6.92. The Morgan fingerprint density at radius 1 is 0.914 bits per heavy atom. The maximum atomic E-state index is 13.2. The van der Waals surface area contributed by atoms with Gasteiger partial charge in [-0.25, -0.2) is 8.42 Å². The summed E-state index contributed by atoms with van der Waals surface area (Å²) in [4.78, 5) is 31.1. The zero-order valence-corrected chi connectivity index (χ0v) is 21.6. The van der Waals surface area contributed by atoms with E-state index >= 15 is 0 Å². The van der Waals surface area contributed by atoms with Crippen LogP contribution in [0.1, 0.15) is 46.0 Å². The Morgan fingerprint density at radius 3 is 2.06 bits per heavy atom. The highest BCUT2D eigenvalue weighted by molar-refractivity contribution is 7.85. The second kappa shape index (κ2) is 11.8. The second-order valence-corrected chi connectivity index (χ2v) is 10.2. The number of hydrogen-bond acceptors (Lipinski definition) is 8. The molecule has 0 atom stereocenters. The summed E-state index contributed by atoms with van der Waals surface area (Å²) in [6, 6.07) is 7.18. The maximum absolute atomic E-state index is 13.2. The molecule has 2 aliphatic rings. The van der Waals surface area contributed by atoms with Crippen molar-refractivity contribution in [2.45, 2.75) is 46.0 Å². The highest BCUT2D eigenvalue weighted by Gasteiger charge is 2.38. The number of thiocarbonyl (C=S) groups is 1. The van der Waals surface area contributed by atoms with Crippen LogP contribution in [0.15, 0.2) is 47.9 Å². The molecular formula is C24H30N3O6S2-. The zero-order valence-electron chi connectivity index (χ0n) is 19.9. The van der Waals surface area contributed by atoms with Crippen LogP contribution in [0.3, 0.4) is 0 Å². The first-order valence-corrected chi connectivity index (χ1v) is 13.7. The smallest absolute Gasteiger partial charge is 0.265 e. The number of hydrogen-bond donors (Lipinski definition) is 0. The van der Waals surface area contributed by atoms with Crippen molar-refractivity contribution in [1.29, 1.82) is 0 Å². The molecule has 2 heterocycles. The van der Waals surface area contributed by atoms with Gasteiger partial charge in [-0.1, -0.05) is 38.8 Å². The van der Waals surface area contributed by atoms with Gasteiger partial charge in [-0.15, -0.1) is 0 Å². The van der Waals surface area contributed by atoms with Crippen LogP contribution in [0.2, 0.25) is 0 Å². The summed E-state index contributed by atoms with van der Waals surface area (Å²) in [5.41, 5.74) is 0.692. The molecule has 0 saturated carbocycles. The number of allylic oxidation sites excluding steroid dienone is 2. The van der Waals surface area contributed by atoms with Crippen molar-refractivity contribution < 1.29 is 27.3 Å². The lowest BCUT2D eigenvalue weighted by molar-refractivity contribution is -0.133. The van der Waals surface area contributed by atoms with E-state index in [1.54, 1.807) is 17.0 Å². The predicted molar refractivity (Wildman–Crippen MR) is 136 cm³/mol. The van der Waals surface area contributed by atoms with Gasteiger partial charge in [0.25, 0.3) is 11.8 Å². The van der Waals surface area contributed by atoms with Gasteiger partial charge in [0, 0.05) is 25.4 Å². The van der Waals surface area contributed by atoms with E-state index in [9.17, 15) is 22.6 Å². The SMILES string of the molecule is CCCCN1C(=O)C(=C/C=C2\Oc3ccccc3N2CCCS(=O)(=O)[O-])C(=O)N(CCCC)C1=S. The Kier molecular flexibility index (Phi) is 9.03. The fourth-order valence-electron chi connectivity index (χ4n) is 3.83. The van der Waals surface area contributed by atoms with Crippen molar-refractivity contribution in [3.63, 3.8) is 0 Å². The number of amides is 2. The van der Waals surface area contributed by atoms with E-state index in [1.807, 2.05) is 26.0 Å². The van der Waals surface area contributed by atoms with Gasteiger partial charge < -0.3 is 14.2 Å². The Hall–Kier alpha value is -2.76. The van der Waals surface area contributed by atoms with Gasteiger partial charge in [0.2, 0.25) is 5.88 Å². The van der Waals surface area contributed by atoms with Crippen LogP contribution in [0.4, 0.5) is 5.69 Å². The molecule has 0 radical (unpaired) electrons. The lowest BCUT2D eigenvalue weighted by Crippen LogP contribution is -2.56. The average molecular weight is 521 g/mol. The minimum Gasteiger partial charge on any atom is -0.748 e. The standard InChI is InChI=1S/C24H31N3O6S2/c1-3-5-14-26-22(28)18(23(29)27(24(26)34)15-6-4-2)12-13-21-25(16-9-17-35(30,31)32)19-10-7-8-11-20(19)33-21/h7-8,10-13H,3-6,9,14-17H2,1-2H3,(H,30,31,32)/p-1/b21-13-. The molecule has 0 aromatic heterocycles. The zero-order chi connectivity index (χ0) is 25.6. The molecule has 9 nitrogen and oxygen atoms in total. The van der Waals surface area contributed by atoms with Gasteiger partial charge in [-0.3, -0.25) is 19.4 Å². The van der Waals surface area contributed by atoms with E-state index < -0.39 is 27.7 Å². The molecule has 11 heteroatoms. The summed E-state index contributed by atoms with van der Waals surface area (Å²) in [6.45, 7) is 5.09. The van der Waals surface area contributed by atoms with Crippen LogP contribution in [-0.4, -0.2) is 65.1 Å². The van der Waals surface area contributed by atoms with Crippen LogP contribution in [0.5, 0.6) is 5.75 Å². The quantitative estimate of drug-likeness (QED) is 0.189. The molecule has 2 amide bonds. The summed E-state index contributed by atoms with van der Waals surface area (Å²) in [7, 11) is -4.35. The molecule has 0 N–H and O–H groups in total. The van der Waals surface area contributed by atoms with E-state index in [0.29, 0.717) is 30.4 Å². The molecule has 1 aromatic carbocycles. The van der Waals surface area contributed by atoms with E-state index in [2.05, 4.69) is 0 Å². The van der Waals surface area contributed by atoms with Crippen molar-refractivity contribution in [3.05, 3.63) is 47.9 Å². The van der Waals surface area contributed by atoms with Crippen molar-refractivity contribution in [1.82, 2.24) is 9.80 Å². The second-order valence-electron chi connectivity index (χ2n) is 8.33. The number of unbranched alkanes of at least 4 members (excludes halogenated alkanes) is 2. The summed E-state index contributed by atoms with van der Waals surface area (Å²) in [5, 5.41) is 0.233. The first-order valence-electron chi connectivity index (χ1n) is 11.8. The number of benzene rings is 1. The summed E-state index contributed by atoms with van der Waals surface area (Å²) in [6.07, 6.45) is 6.32. The maximum Gasteiger partial charge on any atom is 0.265 e. The van der Waals surface area contributed by atoms with E-state index in [4.69, 9.17) is 17.0 Å². The molecule has 0 spiro atoms. The van der Waals surface area contributed by atoms with Crippen LogP contribution in [0, 0.1) is 0 Å². The van der Waals surface area contributed by atoms with Crippen LogP contribution >= 0.6 is 12.2 Å². The van der Waals surface area contributed by atoms with Gasteiger partial charge in [0.05, 0.1) is 15.8 Å². The summed E-state index contributed by atoms with van der Waals surface area (Å²) in [5.74, 6) is -0.516. The Morgan fingerprint density at radius 2 is 1.49 bits per heavy atom. The topological polar surface area (TPSA) is 110 Å². The number of anilines is 1. The number of ether oxygens (including phenoxy) is 1. The van der Waals surface area contributed by atoms with Crippen LogP contribution in [-0.2, 0) is 19.7 Å². The third kappa shape index (κ3) is 6.47. The molecular weight excluding hydrogens is 490 g/mol. The molecule has 0 unspecified atom stereocenters.